The highest BCUT2D eigenvalue weighted by Crippen LogP contribution is 2.34. The van der Waals surface area contributed by atoms with Crippen LogP contribution in [0.25, 0.3) is 0 Å². The first-order valence-corrected chi connectivity index (χ1v) is 7.17. The van der Waals surface area contributed by atoms with E-state index in [0.717, 1.165) is 18.9 Å². The fraction of sp³-hybridized carbons (Fsp3) is 1.00. The fourth-order valence-corrected chi connectivity index (χ4v) is 3.31. The predicted molar refractivity (Wildman–Crippen MR) is 67.5 cm³/mol. The van der Waals surface area contributed by atoms with Crippen molar-refractivity contribution in [2.45, 2.75) is 76.4 Å². The highest BCUT2D eigenvalue weighted by Gasteiger charge is 2.34. The van der Waals surface area contributed by atoms with Crippen LogP contribution in [0.5, 0.6) is 0 Å². The van der Waals surface area contributed by atoms with Gasteiger partial charge in [-0.3, -0.25) is 0 Å². The summed E-state index contributed by atoms with van der Waals surface area (Å²) < 4.78 is 0. The summed E-state index contributed by atoms with van der Waals surface area (Å²) in [6, 6.07) is 0. The normalized spacial score (nSPS) is 26.6. The maximum Gasteiger partial charge on any atom is 0.0667 e. The van der Waals surface area contributed by atoms with Crippen molar-refractivity contribution >= 4 is 0 Å². The number of nitrogens with one attached hydrogen (secondary N) is 1. The molecule has 0 aromatic rings. The summed E-state index contributed by atoms with van der Waals surface area (Å²) in [5.74, 6) is 0.802. The lowest BCUT2D eigenvalue weighted by atomic mass is 9.75. The molecule has 2 nitrogen and oxygen atoms in total. The molecule has 0 aliphatic heterocycles. The Morgan fingerprint density at radius 1 is 1.25 bits per heavy atom. The van der Waals surface area contributed by atoms with Gasteiger partial charge < -0.3 is 10.4 Å². The summed E-state index contributed by atoms with van der Waals surface area (Å²) in [5, 5.41) is 13.6. The van der Waals surface area contributed by atoms with Crippen molar-refractivity contribution in [3.8, 4) is 0 Å². The Kier molecular flexibility index (Phi) is 4.26. The molecule has 2 heteroatoms. The monoisotopic (exact) mass is 225 g/mol. The van der Waals surface area contributed by atoms with Gasteiger partial charge in [0.1, 0.15) is 0 Å². The van der Waals surface area contributed by atoms with Crippen molar-refractivity contribution < 1.29 is 5.11 Å². The van der Waals surface area contributed by atoms with E-state index in [0.29, 0.717) is 5.54 Å². The molecule has 1 unspecified atom stereocenters. The SMILES string of the molecule is CCC1(NCC(O)CC2CCCC2)CCC1. The molecule has 16 heavy (non-hydrogen) atoms. The first-order chi connectivity index (χ1) is 7.74. The second kappa shape index (κ2) is 5.50. The van der Waals surface area contributed by atoms with Gasteiger partial charge in [0.2, 0.25) is 0 Å². The van der Waals surface area contributed by atoms with Gasteiger partial charge in [0.15, 0.2) is 0 Å². The Bertz CT molecular complexity index is 201. The van der Waals surface area contributed by atoms with Gasteiger partial charge in [0.05, 0.1) is 6.10 Å². The van der Waals surface area contributed by atoms with Gasteiger partial charge >= 0.3 is 0 Å². The van der Waals surface area contributed by atoms with Gasteiger partial charge in [-0.1, -0.05) is 32.6 Å². The van der Waals surface area contributed by atoms with Crippen LogP contribution < -0.4 is 5.32 Å². The average molecular weight is 225 g/mol. The topological polar surface area (TPSA) is 32.3 Å². The van der Waals surface area contributed by atoms with E-state index in [2.05, 4.69) is 12.2 Å². The number of hydrogen-bond donors (Lipinski definition) is 2. The van der Waals surface area contributed by atoms with Crippen molar-refractivity contribution in [3.63, 3.8) is 0 Å². The van der Waals surface area contributed by atoms with E-state index in [1.165, 1.54) is 51.4 Å². The molecule has 94 valence electrons. The van der Waals surface area contributed by atoms with Crippen molar-refractivity contribution in [2.24, 2.45) is 5.92 Å². The zero-order valence-electron chi connectivity index (χ0n) is 10.7. The number of aliphatic hydroxyl groups is 1. The highest BCUT2D eigenvalue weighted by molar-refractivity contribution is 4.95. The van der Waals surface area contributed by atoms with Crippen LogP contribution in [0.4, 0.5) is 0 Å². The summed E-state index contributed by atoms with van der Waals surface area (Å²) >= 11 is 0. The van der Waals surface area contributed by atoms with Gasteiger partial charge in [-0.25, -0.2) is 0 Å². The lowest BCUT2D eigenvalue weighted by molar-refractivity contribution is 0.102. The van der Waals surface area contributed by atoms with Crippen LogP contribution in [0.15, 0.2) is 0 Å². The molecule has 2 fully saturated rings. The van der Waals surface area contributed by atoms with Crippen LogP contribution in [-0.4, -0.2) is 23.3 Å². The molecule has 0 heterocycles. The van der Waals surface area contributed by atoms with Crippen LogP contribution >= 0.6 is 0 Å². The molecule has 0 aromatic heterocycles. The van der Waals surface area contributed by atoms with Crippen LogP contribution in [0, 0.1) is 5.92 Å². The minimum atomic E-state index is -0.118. The number of β-amino-alcohol motifs (C(OH)–C–C–N with tert-alkyl or cyclic N) is 1. The summed E-state index contributed by atoms with van der Waals surface area (Å²) in [5.41, 5.74) is 0.386. The summed E-state index contributed by atoms with van der Waals surface area (Å²) in [6.07, 6.45) is 11.5. The van der Waals surface area contributed by atoms with Crippen molar-refractivity contribution in [1.29, 1.82) is 0 Å². The Labute approximate surface area is 99.8 Å². The maximum absolute atomic E-state index is 10.0. The molecular weight excluding hydrogens is 198 g/mol. The summed E-state index contributed by atoms with van der Waals surface area (Å²) in [7, 11) is 0. The summed E-state index contributed by atoms with van der Waals surface area (Å²) in [4.78, 5) is 0. The van der Waals surface area contributed by atoms with Crippen LogP contribution in [0.2, 0.25) is 0 Å². The minimum absolute atomic E-state index is 0.118. The first kappa shape index (κ1) is 12.4. The van der Waals surface area contributed by atoms with E-state index in [9.17, 15) is 5.11 Å². The smallest absolute Gasteiger partial charge is 0.0667 e. The van der Waals surface area contributed by atoms with Crippen LogP contribution in [-0.2, 0) is 0 Å². The van der Waals surface area contributed by atoms with Crippen molar-refractivity contribution in [3.05, 3.63) is 0 Å². The van der Waals surface area contributed by atoms with E-state index in [4.69, 9.17) is 0 Å². The Hall–Kier alpha value is -0.0800. The predicted octanol–water partition coefficient (Wildman–Crippen LogP) is 2.85. The standard InChI is InChI=1S/C14H27NO/c1-2-14(8-5-9-14)15-11-13(16)10-12-6-3-4-7-12/h12-13,15-16H,2-11H2,1H3. The molecule has 2 N–H and O–H groups in total. The zero-order valence-corrected chi connectivity index (χ0v) is 10.7. The molecule has 0 spiro atoms. The lowest BCUT2D eigenvalue weighted by Gasteiger charge is -2.43. The Balaban J connectivity index is 1.64. The molecule has 0 amide bonds. The molecule has 2 aliphatic rings. The highest BCUT2D eigenvalue weighted by atomic mass is 16.3. The maximum atomic E-state index is 10.0. The van der Waals surface area contributed by atoms with Crippen molar-refractivity contribution in [2.75, 3.05) is 6.54 Å². The van der Waals surface area contributed by atoms with E-state index in [1.807, 2.05) is 0 Å². The molecule has 2 saturated carbocycles. The lowest BCUT2D eigenvalue weighted by Crippen LogP contribution is -2.52. The van der Waals surface area contributed by atoms with E-state index < -0.39 is 0 Å². The number of aliphatic hydroxyl groups excluding tert-OH is 1. The molecule has 0 bridgehead atoms. The van der Waals surface area contributed by atoms with Gasteiger partial charge in [-0.05, 0) is 38.0 Å². The van der Waals surface area contributed by atoms with Crippen molar-refractivity contribution in [1.82, 2.24) is 5.32 Å². The zero-order chi connectivity index (χ0) is 11.4. The molecule has 2 aliphatic carbocycles. The molecule has 0 aromatic carbocycles. The molecule has 2 rings (SSSR count). The molecule has 0 radical (unpaired) electrons. The largest absolute Gasteiger partial charge is 0.392 e. The third kappa shape index (κ3) is 2.98. The Morgan fingerprint density at radius 3 is 2.44 bits per heavy atom. The van der Waals surface area contributed by atoms with Crippen LogP contribution in [0.1, 0.15) is 64.7 Å². The van der Waals surface area contributed by atoms with E-state index >= 15 is 0 Å². The van der Waals surface area contributed by atoms with Gasteiger partial charge in [0, 0.05) is 12.1 Å². The van der Waals surface area contributed by atoms with E-state index in [-0.39, 0.29) is 6.10 Å². The van der Waals surface area contributed by atoms with Gasteiger partial charge in [-0.15, -0.1) is 0 Å². The number of rotatable bonds is 6. The van der Waals surface area contributed by atoms with Crippen LogP contribution in [0.3, 0.4) is 0 Å². The number of hydrogen-bond acceptors (Lipinski definition) is 2. The second-order valence-corrected chi connectivity index (χ2v) is 5.91. The molecular formula is C14H27NO. The second-order valence-electron chi connectivity index (χ2n) is 5.91. The Morgan fingerprint density at radius 2 is 1.94 bits per heavy atom. The fourth-order valence-electron chi connectivity index (χ4n) is 3.31. The first-order valence-electron chi connectivity index (χ1n) is 7.17. The van der Waals surface area contributed by atoms with Gasteiger partial charge in [0.25, 0.3) is 0 Å². The van der Waals surface area contributed by atoms with E-state index in [1.54, 1.807) is 0 Å². The third-order valence-electron chi connectivity index (χ3n) is 4.78. The molecule has 0 saturated heterocycles. The van der Waals surface area contributed by atoms with Gasteiger partial charge in [-0.2, -0.15) is 0 Å². The third-order valence-corrected chi connectivity index (χ3v) is 4.78. The molecule has 1 atom stereocenters. The quantitative estimate of drug-likeness (QED) is 0.728. The summed E-state index contributed by atoms with van der Waals surface area (Å²) in [6.45, 7) is 3.07. The minimum Gasteiger partial charge on any atom is -0.392 e. The average Bonchev–Trinajstić information content (AvgIpc) is 2.69.